The first-order chi connectivity index (χ1) is 8.61. The summed E-state index contributed by atoms with van der Waals surface area (Å²) < 4.78 is 6.39. The molecular weight excluding hydrogens is 240 g/mol. The molecule has 0 N–H and O–H groups in total. The van der Waals surface area contributed by atoms with Crippen LogP contribution in [0.3, 0.4) is 0 Å². The van der Waals surface area contributed by atoms with Crippen molar-refractivity contribution in [3.63, 3.8) is 0 Å². The molecule has 0 aromatic heterocycles. The molecule has 0 bridgehead atoms. The van der Waals surface area contributed by atoms with Gasteiger partial charge in [-0.05, 0) is 50.5 Å². The molecule has 0 amide bonds. The van der Waals surface area contributed by atoms with Crippen molar-refractivity contribution in [2.24, 2.45) is 11.8 Å². The van der Waals surface area contributed by atoms with Gasteiger partial charge in [-0.25, -0.2) is 0 Å². The van der Waals surface area contributed by atoms with Gasteiger partial charge in [0, 0.05) is 5.75 Å². The second kappa shape index (κ2) is 7.47. The zero-order valence-corrected chi connectivity index (χ0v) is 13.4. The Hall–Kier alpha value is -0.110. The van der Waals surface area contributed by atoms with E-state index < -0.39 is 0 Å². The Morgan fingerprint density at radius 1 is 1.22 bits per heavy atom. The van der Waals surface area contributed by atoms with Crippen LogP contribution in [0.1, 0.15) is 66.2 Å². The molecule has 0 radical (unpaired) electrons. The quantitative estimate of drug-likeness (QED) is 0.514. The van der Waals surface area contributed by atoms with Crippen molar-refractivity contribution in [2.45, 2.75) is 71.8 Å². The summed E-state index contributed by atoms with van der Waals surface area (Å²) in [5, 5.41) is 0. The summed E-state index contributed by atoms with van der Waals surface area (Å²) in [6.45, 7) is 8.97. The van der Waals surface area contributed by atoms with Crippen LogP contribution in [0.25, 0.3) is 0 Å². The number of ether oxygens (including phenoxy) is 1. The van der Waals surface area contributed by atoms with E-state index in [1.807, 2.05) is 6.92 Å². The summed E-state index contributed by atoms with van der Waals surface area (Å²) in [6.07, 6.45) is 9.66. The summed E-state index contributed by atoms with van der Waals surface area (Å²) >= 11 is 4.37. The smallest absolute Gasteiger partial charge is 0.111 e. The highest BCUT2D eigenvalue weighted by atomic mass is 32.1. The maximum Gasteiger partial charge on any atom is 0.111 e. The number of hydrogen-bond acceptors (Lipinski definition) is 2. The molecule has 0 aromatic rings. The Morgan fingerprint density at radius 2 is 1.78 bits per heavy atom. The lowest BCUT2D eigenvalue weighted by molar-refractivity contribution is -0.0681. The van der Waals surface area contributed by atoms with Crippen molar-refractivity contribution >= 4 is 12.6 Å². The van der Waals surface area contributed by atoms with E-state index in [2.05, 4.69) is 39.5 Å². The predicted octanol–water partition coefficient (Wildman–Crippen LogP) is 5.22. The van der Waals surface area contributed by atoms with E-state index >= 15 is 0 Å². The fourth-order valence-electron chi connectivity index (χ4n) is 3.28. The van der Waals surface area contributed by atoms with Crippen molar-refractivity contribution < 1.29 is 4.74 Å². The normalized spacial score (nSPS) is 26.2. The average Bonchev–Trinajstić information content (AvgIpc) is 2.42. The van der Waals surface area contributed by atoms with Gasteiger partial charge < -0.3 is 4.74 Å². The van der Waals surface area contributed by atoms with Gasteiger partial charge in [0.2, 0.25) is 0 Å². The minimum absolute atomic E-state index is 0.0463. The standard InChI is InChI=1S/C16H30OS/c1-5-15(12-18)17-16(6-2,7-3)14-10-8-13(4)9-11-14/h5,13-14,18H,6-12H2,1-4H3. The fraction of sp³-hybridized carbons (Fsp3) is 0.875. The third-order valence-corrected chi connectivity index (χ3v) is 5.08. The van der Waals surface area contributed by atoms with Crippen molar-refractivity contribution in [3.05, 3.63) is 11.8 Å². The van der Waals surface area contributed by atoms with Crippen molar-refractivity contribution in [3.8, 4) is 0 Å². The molecule has 1 aliphatic carbocycles. The molecule has 0 unspecified atom stereocenters. The van der Waals surface area contributed by atoms with Crippen LogP contribution in [0.2, 0.25) is 0 Å². The predicted molar refractivity (Wildman–Crippen MR) is 83.1 cm³/mol. The second-order valence-corrected chi connectivity index (χ2v) is 6.06. The Balaban J connectivity index is 2.78. The molecule has 1 fully saturated rings. The molecule has 0 aromatic carbocycles. The zero-order valence-electron chi connectivity index (χ0n) is 12.5. The molecule has 1 aliphatic rings. The van der Waals surface area contributed by atoms with Gasteiger partial charge in [0.25, 0.3) is 0 Å². The Bertz CT molecular complexity index is 260. The first kappa shape index (κ1) is 15.9. The molecule has 0 heterocycles. The average molecular weight is 270 g/mol. The molecule has 106 valence electrons. The van der Waals surface area contributed by atoms with Crippen LogP contribution in [-0.2, 0) is 4.74 Å². The van der Waals surface area contributed by atoms with E-state index in [4.69, 9.17) is 4.74 Å². The van der Waals surface area contributed by atoms with Crippen LogP contribution < -0.4 is 0 Å². The van der Waals surface area contributed by atoms with Crippen LogP contribution in [0, 0.1) is 11.8 Å². The SMILES string of the molecule is CC=C(CS)OC(CC)(CC)C1CCC(C)CC1. The zero-order chi connectivity index (χ0) is 13.6. The molecule has 2 heteroatoms. The Morgan fingerprint density at radius 3 is 2.17 bits per heavy atom. The van der Waals surface area contributed by atoms with Gasteiger partial charge >= 0.3 is 0 Å². The van der Waals surface area contributed by atoms with Crippen LogP contribution in [-0.4, -0.2) is 11.4 Å². The summed E-state index contributed by atoms with van der Waals surface area (Å²) in [5.41, 5.74) is 0.0463. The summed E-state index contributed by atoms with van der Waals surface area (Å²) in [5.74, 6) is 3.37. The first-order valence-electron chi connectivity index (χ1n) is 7.56. The maximum absolute atomic E-state index is 6.39. The highest BCUT2D eigenvalue weighted by Crippen LogP contribution is 2.42. The minimum atomic E-state index is 0.0463. The van der Waals surface area contributed by atoms with Crippen LogP contribution in [0.4, 0.5) is 0 Å². The summed E-state index contributed by atoms with van der Waals surface area (Å²) in [4.78, 5) is 0. The van der Waals surface area contributed by atoms with E-state index in [-0.39, 0.29) is 5.60 Å². The van der Waals surface area contributed by atoms with E-state index in [0.717, 1.165) is 30.4 Å². The monoisotopic (exact) mass is 270 g/mol. The molecule has 0 spiro atoms. The second-order valence-electron chi connectivity index (χ2n) is 5.74. The summed E-state index contributed by atoms with van der Waals surface area (Å²) in [7, 11) is 0. The molecule has 1 nitrogen and oxygen atoms in total. The van der Waals surface area contributed by atoms with Gasteiger partial charge in [-0.2, -0.15) is 12.6 Å². The number of hydrogen-bond donors (Lipinski definition) is 1. The topological polar surface area (TPSA) is 9.23 Å². The van der Waals surface area contributed by atoms with Gasteiger partial charge in [-0.1, -0.05) is 33.6 Å². The largest absolute Gasteiger partial charge is 0.491 e. The molecule has 18 heavy (non-hydrogen) atoms. The maximum atomic E-state index is 6.39. The van der Waals surface area contributed by atoms with Crippen molar-refractivity contribution in [2.75, 3.05) is 5.75 Å². The lowest BCUT2D eigenvalue weighted by Gasteiger charge is -2.43. The van der Waals surface area contributed by atoms with E-state index in [9.17, 15) is 0 Å². The van der Waals surface area contributed by atoms with Crippen molar-refractivity contribution in [1.29, 1.82) is 0 Å². The molecule has 1 saturated carbocycles. The van der Waals surface area contributed by atoms with Crippen LogP contribution in [0.15, 0.2) is 11.8 Å². The molecule has 1 rings (SSSR count). The lowest BCUT2D eigenvalue weighted by atomic mass is 9.71. The van der Waals surface area contributed by atoms with Crippen LogP contribution >= 0.6 is 12.6 Å². The number of allylic oxidation sites excluding steroid dienone is 1. The number of rotatable bonds is 6. The van der Waals surface area contributed by atoms with Gasteiger partial charge in [-0.3, -0.25) is 0 Å². The number of thiol groups is 1. The molecule has 0 atom stereocenters. The highest BCUT2D eigenvalue weighted by molar-refractivity contribution is 7.80. The molecular formula is C16H30OS. The van der Waals surface area contributed by atoms with Gasteiger partial charge in [0.15, 0.2) is 0 Å². The van der Waals surface area contributed by atoms with Gasteiger partial charge in [0.05, 0.1) is 0 Å². The first-order valence-corrected chi connectivity index (χ1v) is 8.20. The fourth-order valence-corrected chi connectivity index (χ4v) is 3.53. The third kappa shape index (κ3) is 3.69. The van der Waals surface area contributed by atoms with E-state index in [1.54, 1.807) is 0 Å². The van der Waals surface area contributed by atoms with Crippen LogP contribution in [0.5, 0.6) is 0 Å². The molecule has 0 aliphatic heterocycles. The van der Waals surface area contributed by atoms with Crippen molar-refractivity contribution in [1.82, 2.24) is 0 Å². The Kier molecular flexibility index (Phi) is 6.62. The third-order valence-electron chi connectivity index (χ3n) is 4.77. The Labute approximate surface area is 119 Å². The molecule has 0 saturated heterocycles. The lowest BCUT2D eigenvalue weighted by Crippen LogP contribution is -2.41. The minimum Gasteiger partial charge on any atom is -0.491 e. The highest BCUT2D eigenvalue weighted by Gasteiger charge is 2.39. The van der Waals surface area contributed by atoms with Gasteiger partial charge in [0.1, 0.15) is 11.4 Å². The van der Waals surface area contributed by atoms with E-state index in [0.29, 0.717) is 5.75 Å². The van der Waals surface area contributed by atoms with E-state index in [1.165, 1.54) is 25.7 Å². The summed E-state index contributed by atoms with van der Waals surface area (Å²) in [6, 6.07) is 0. The van der Waals surface area contributed by atoms with Gasteiger partial charge in [-0.15, -0.1) is 0 Å².